The van der Waals surface area contributed by atoms with Crippen LogP contribution in [-0.2, 0) is 6.42 Å². The summed E-state index contributed by atoms with van der Waals surface area (Å²) >= 11 is 0. The number of piperidine rings is 1. The second-order valence-corrected chi connectivity index (χ2v) is 8.03. The third-order valence-electron chi connectivity index (χ3n) is 5.55. The summed E-state index contributed by atoms with van der Waals surface area (Å²) in [6.07, 6.45) is 6.07. The molecule has 1 aromatic carbocycles. The predicted octanol–water partition coefficient (Wildman–Crippen LogP) is 4.07. The van der Waals surface area contributed by atoms with Gasteiger partial charge in [-0.2, -0.15) is 5.10 Å². The number of ether oxygens (including phenoxy) is 1. The number of hydrogen-bond donors (Lipinski definition) is 0. The van der Waals surface area contributed by atoms with Gasteiger partial charge in [-0.05, 0) is 50.5 Å². The number of methoxy groups -OCH3 is 1. The second kappa shape index (κ2) is 8.73. The summed E-state index contributed by atoms with van der Waals surface area (Å²) in [4.78, 5) is 19.5. The molecule has 0 aliphatic carbocycles. The lowest BCUT2D eigenvalue weighted by molar-refractivity contribution is 0.0683. The quantitative estimate of drug-likeness (QED) is 0.615. The zero-order valence-electron chi connectivity index (χ0n) is 17.7. The molecule has 7 heteroatoms. The normalized spacial score (nSPS) is 16.8. The van der Waals surface area contributed by atoms with Crippen molar-refractivity contribution < 1.29 is 13.9 Å². The van der Waals surface area contributed by atoms with Crippen LogP contribution in [0.1, 0.15) is 66.4 Å². The van der Waals surface area contributed by atoms with Gasteiger partial charge in [-0.15, -0.1) is 0 Å². The highest BCUT2D eigenvalue weighted by molar-refractivity contribution is 5.92. The smallest absolute Gasteiger partial charge is 0.272 e. The fraction of sp³-hybridized carbons (Fsp3) is 0.435. The number of carbonyl (C=O) groups excluding carboxylic acids is 1. The van der Waals surface area contributed by atoms with Gasteiger partial charge in [0.15, 0.2) is 5.89 Å². The Balaban J connectivity index is 1.43. The average Bonchev–Trinajstić information content (AvgIpc) is 3.44. The molecule has 7 nitrogen and oxygen atoms in total. The van der Waals surface area contributed by atoms with Gasteiger partial charge in [0.2, 0.25) is 0 Å². The maximum atomic E-state index is 13.1. The van der Waals surface area contributed by atoms with Gasteiger partial charge >= 0.3 is 0 Å². The first kappa shape index (κ1) is 20.2. The molecule has 0 radical (unpaired) electrons. The highest BCUT2D eigenvalue weighted by atomic mass is 16.5. The van der Waals surface area contributed by atoms with Gasteiger partial charge in [-0.1, -0.05) is 12.1 Å². The predicted molar refractivity (Wildman–Crippen MR) is 113 cm³/mol. The standard InChI is InChI=1S/C23H28N4O3/c1-16(2)27-21(10-11-25-27)23(28)26-12-4-5-18(15-26)22-24-14-20(30-22)13-17-6-8-19(29-3)9-7-17/h6-11,14,16,18H,4-5,12-13,15H2,1-3H3/t18-/m1/s1. The van der Waals surface area contributed by atoms with Crippen LogP contribution in [0.2, 0.25) is 0 Å². The zero-order valence-corrected chi connectivity index (χ0v) is 17.7. The van der Waals surface area contributed by atoms with E-state index in [1.807, 2.05) is 43.0 Å². The number of amides is 1. The minimum Gasteiger partial charge on any atom is -0.497 e. The minimum atomic E-state index is 0.0240. The van der Waals surface area contributed by atoms with Gasteiger partial charge in [-0.3, -0.25) is 9.48 Å². The number of hydrogen-bond acceptors (Lipinski definition) is 5. The van der Waals surface area contributed by atoms with Gasteiger partial charge in [0, 0.05) is 31.7 Å². The topological polar surface area (TPSA) is 73.4 Å². The van der Waals surface area contributed by atoms with Gasteiger partial charge in [0.1, 0.15) is 17.2 Å². The van der Waals surface area contributed by atoms with Crippen molar-refractivity contribution in [3.63, 3.8) is 0 Å². The molecule has 0 saturated carbocycles. The Morgan fingerprint density at radius 2 is 2.07 bits per heavy atom. The van der Waals surface area contributed by atoms with E-state index in [-0.39, 0.29) is 17.9 Å². The van der Waals surface area contributed by atoms with Crippen LogP contribution >= 0.6 is 0 Å². The molecule has 0 bridgehead atoms. The molecule has 3 aromatic rings. The maximum Gasteiger partial charge on any atom is 0.272 e. The zero-order chi connectivity index (χ0) is 21.1. The SMILES string of the molecule is COc1ccc(Cc2cnc([C@@H]3CCCN(C(=O)c4ccnn4C(C)C)C3)o2)cc1. The van der Waals surface area contributed by atoms with E-state index in [0.29, 0.717) is 24.6 Å². The second-order valence-electron chi connectivity index (χ2n) is 8.03. The van der Waals surface area contributed by atoms with Crippen molar-refractivity contribution >= 4 is 5.91 Å². The molecule has 1 atom stereocenters. The first-order valence-corrected chi connectivity index (χ1v) is 10.5. The fourth-order valence-electron chi connectivity index (χ4n) is 3.96. The molecule has 158 valence electrons. The van der Waals surface area contributed by atoms with E-state index >= 15 is 0 Å². The van der Waals surface area contributed by atoms with Crippen LogP contribution < -0.4 is 4.74 Å². The lowest BCUT2D eigenvalue weighted by atomic mass is 9.97. The van der Waals surface area contributed by atoms with Crippen molar-refractivity contribution in [2.24, 2.45) is 0 Å². The molecule has 3 heterocycles. The van der Waals surface area contributed by atoms with Crippen molar-refractivity contribution in [1.82, 2.24) is 19.7 Å². The fourth-order valence-corrected chi connectivity index (χ4v) is 3.96. The number of nitrogens with zero attached hydrogens (tertiary/aromatic N) is 4. The Kier molecular flexibility index (Phi) is 5.88. The molecule has 0 N–H and O–H groups in total. The first-order valence-electron chi connectivity index (χ1n) is 10.5. The van der Waals surface area contributed by atoms with Crippen LogP contribution in [0.15, 0.2) is 47.1 Å². The van der Waals surface area contributed by atoms with Crippen LogP contribution in [0.3, 0.4) is 0 Å². The van der Waals surface area contributed by atoms with Crippen LogP contribution in [0.25, 0.3) is 0 Å². The molecule has 1 saturated heterocycles. The third kappa shape index (κ3) is 4.25. The van der Waals surface area contributed by atoms with Crippen LogP contribution in [-0.4, -0.2) is 45.8 Å². The molecule has 30 heavy (non-hydrogen) atoms. The molecular formula is C23H28N4O3. The van der Waals surface area contributed by atoms with Gasteiger partial charge in [0.05, 0.1) is 19.2 Å². The van der Waals surface area contributed by atoms with E-state index in [4.69, 9.17) is 9.15 Å². The maximum absolute atomic E-state index is 13.1. The van der Waals surface area contributed by atoms with Gasteiger partial charge in [-0.25, -0.2) is 4.98 Å². The molecule has 2 aromatic heterocycles. The summed E-state index contributed by atoms with van der Waals surface area (Å²) in [5.74, 6) is 2.52. The summed E-state index contributed by atoms with van der Waals surface area (Å²) < 4.78 is 13.1. The first-order chi connectivity index (χ1) is 14.5. The monoisotopic (exact) mass is 408 g/mol. The van der Waals surface area contributed by atoms with Crippen molar-refractivity contribution in [2.45, 2.75) is 45.1 Å². The van der Waals surface area contributed by atoms with E-state index < -0.39 is 0 Å². The van der Waals surface area contributed by atoms with Crippen molar-refractivity contribution in [2.75, 3.05) is 20.2 Å². The van der Waals surface area contributed by atoms with E-state index in [1.54, 1.807) is 30.3 Å². The van der Waals surface area contributed by atoms with Crippen molar-refractivity contribution in [3.05, 3.63) is 65.6 Å². The molecule has 4 rings (SSSR count). The van der Waals surface area contributed by atoms with Gasteiger partial charge < -0.3 is 14.1 Å². The summed E-state index contributed by atoms with van der Waals surface area (Å²) in [5, 5.41) is 4.29. The number of carbonyl (C=O) groups is 1. The lowest BCUT2D eigenvalue weighted by Crippen LogP contribution is -2.40. The molecule has 1 aliphatic rings. The number of aromatic nitrogens is 3. The van der Waals surface area contributed by atoms with E-state index in [1.165, 1.54) is 0 Å². The van der Waals surface area contributed by atoms with Crippen LogP contribution in [0, 0.1) is 0 Å². The van der Waals surface area contributed by atoms with Crippen molar-refractivity contribution in [1.29, 1.82) is 0 Å². The molecule has 0 unspecified atom stereocenters. The number of benzene rings is 1. The summed E-state index contributed by atoms with van der Waals surface area (Å²) in [6.45, 7) is 5.42. The highest BCUT2D eigenvalue weighted by Crippen LogP contribution is 2.28. The molecular weight excluding hydrogens is 380 g/mol. The van der Waals surface area contributed by atoms with E-state index in [2.05, 4.69) is 10.1 Å². The number of likely N-dealkylation sites (tertiary alicyclic amines) is 1. The number of rotatable bonds is 6. The Morgan fingerprint density at radius 1 is 1.27 bits per heavy atom. The third-order valence-corrected chi connectivity index (χ3v) is 5.55. The van der Waals surface area contributed by atoms with E-state index in [9.17, 15) is 4.79 Å². The Morgan fingerprint density at radius 3 is 2.80 bits per heavy atom. The average molecular weight is 409 g/mol. The summed E-state index contributed by atoms with van der Waals surface area (Å²) in [5.41, 5.74) is 1.78. The summed E-state index contributed by atoms with van der Waals surface area (Å²) in [7, 11) is 1.66. The van der Waals surface area contributed by atoms with Crippen LogP contribution in [0.5, 0.6) is 5.75 Å². The minimum absolute atomic E-state index is 0.0240. The number of oxazole rings is 1. The highest BCUT2D eigenvalue weighted by Gasteiger charge is 2.30. The van der Waals surface area contributed by atoms with Crippen molar-refractivity contribution in [3.8, 4) is 5.75 Å². The Bertz CT molecular complexity index is 990. The molecule has 1 fully saturated rings. The lowest BCUT2D eigenvalue weighted by Gasteiger charge is -2.31. The largest absolute Gasteiger partial charge is 0.497 e. The molecule has 1 aliphatic heterocycles. The summed E-state index contributed by atoms with van der Waals surface area (Å²) in [6, 6.07) is 9.88. The Hall–Kier alpha value is -3.09. The molecule has 0 spiro atoms. The van der Waals surface area contributed by atoms with E-state index in [0.717, 1.165) is 36.5 Å². The Labute approximate surface area is 176 Å². The van der Waals surface area contributed by atoms with Gasteiger partial charge in [0.25, 0.3) is 5.91 Å². The molecule has 1 amide bonds. The van der Waals surface area contributed by atoms with Crippen LogP contribution in [0.4, 0.5) is 0 Å².